The van der Waals surface area contributed by atoms with Gasteiger partial charge in [0.2, 0.25) is 0 Å². The van der Waals surface area contributed by atoms with Gasteiger partial charge < -0.3 is 10.2 Å². The lowest BCUT2D eigenvalue weighted by Gasteiger charge is -2.36. The van der Waals surface area contributed by atoms with Crippen molar-refractivity contribution < 1.29 is 22.8 Å². The molecular weight excluding hydrogens is 411 g/mol. The fourth-order valence-electron chi connectivity index (χ4n) is 3.85. The van der Waals surface area contributed by atoms with E-state index in [4.69, 9.17) is 0 Å². The van der Waals surface area contributed by atoms with E-state index in [0.29, 0.717) is 37.6 Å². The van der Waals surface area contributed by atoms with Gasteiger partial charge in [0.25, 0.3) is 5.91 Å². The van der Waals surface area contributed by atoms with Crippen molar-refractivity contribution in [2.45, 2.75) is 18.6 Å². The molecule has 2 saturated heterocycles. The monoisotopic (exact) mass is 433 g/mol. The molecule has 0 saturated carbocycles. The van der Waals surface area contributed by atoms with E-state index in [1.54, 1.807) is 19.1 Å². The second kappa shape index (κ2) is 7.84. The number of pyridine rings is 1. The number of hydrogen-bond acceptors (Lipinski definition) is 5. The molecule has 2 fully saturated rings. The van der Waals surface area contributed by atoms with Crippen molar-refractivity contribution >= 4 is 17.8 Å². The van der Waals surface area contributed by atoms with E-state index >= 15 is 0 Å². The molecule has 1 aromatic heterocycles. The van der Waals surface area contributed by atoms with Crippen LogP contribution in [0.15, 0.2) is 48.7 Å². The highest BCUT2D eigenvalue weighted by molar-refractivity contribution is 6.07. The largest absolute Gasteiger partial charge is 0.417 e. The Hall–Kier alpha value is -3.14. The van der Waals surface area contributed by atoms with Gasteiger partial charge in [-0.2, -0.15) is 13.2 Å². The number of benzene rings is 1. The van der Waals surface area contributed by atoms with Gasteiger partial charge in [0.15, 0.2) is 0 Å². The molecule has 3 amide bonds. The Morgan fingerprint density at radius 3 is 2.29 bits per heavy atom. The van der Waals surface area contributed by atoms with Crippen LogP contribution in [-0.4, -0.2) is 59.6 Å². The molecule has 1 aromatic carbocycles. The van der Waals surface area contributed by atoms with Crippen LogP contribution in [0, 0.1) is 0 Å². The van der Waals surface area contributed by atoms with E-state index in [9.17, 15) is 22.8 Å². The van der Waals surface area contributed by atoms with Gasteiger partial charge in [0, 0.05) is 32.4 Å². The van der Waals surface area contributed by atoms with Gasteiger partial charge in [-0.3, -0.25) is 9.69 Å². The molecule has 1 atom stereocenters. The maximum Gasteiger partial charge on any atom is 0.417 e. The number of halogens is 3. The van der Waals surface area contributed by atoms with Crippen LogP contribution in [-0.2, 0) is 16.5 Å². The van der Waals surface area contributed by atoms with E-state index in [1.165, 1.54) is 11.0 Å². The SMILES string of the molecule is CC1(c2ccccc2)NC(=O)N(CN2CCN(c3ccc(C(F)(F)F)cn3)CC2)C1=O. The topological polar surface area (TPSA) is 68.8 Å². The minimum atomic E-state index is -4.42. The summed E-state index contributed by atoms with van der Waals surface area (Å²) >= 11 is 0. The summed E-state index contributed by atoms with van der Waals surface area (Å²) in [5.41, 5.74) is -1.17. The van der Waals surface area contributed by atoms with Crippen molar-refractivity contribution in [2.24, 2.45) is 0 Å². The number of nitrogens with one attached hydrogen (secondary N) is 1. The van der Waals surface area contributed by atoms with Gasteiger partial charge in [0.1, 0.15) is 11.4 Å². The number of rotatable bonds is 4. The van der Waals surface area contributed by atoms with Crippen LogP contribution in [0.5, 0.6) is 0 Å². The fourth-order valence-corrected chi connectivity index (χ4v) is 3.85. The zero-order valence-corrected chi connectivity index (χ0v) is 16.9. The number of carbonyl (C=O) groups is 2. The van der Waals surface area contributed by atoms with Crippen LogP contribution in [0.1, 0.15) is 18.1 Å². The molecular formula is C21H22F3N5O2. The van der Waals surface area contributed by atoms with Crippen molar-refractivity contribution in [3.05, 3.63) is 59.8 Å². The Morgan fingerprint density at radius 1 is 1.03 bits per heavy atom. The Morgan fingerprint density at radius 2 is 1.71 bits per heavy atom. The second-order valence-corrected chi connectivity index (χ2v) is 7.80. The summed E-state index contributed by atoms with van der Waals surface area (Å²) in [5.74, 6) is 0.162. The van der Waals surface area contributed by atoms with E-state index in [1.807, 2.05) is 28.0 Å². The minimum Gasteiger partial charge on any atom is -0.354 e. The first-order valence-electron chi connectivity index (χ1n) is 9.89. The van der Waals surface area contributed by atoms with Gasteiger partial charge in [0.05, 0.1) is 12.2 Å². The van der Waals surface area contributed by atoms with Crippen molar-refractivity contribution in [2.75, 3.05) is 37.7 Å². The van der Waals surface area contributed by atoms with E-state index in [-0.39, 0.29) is 12.6 Å². The molecule has 0 spiro atoms. The molecule has 1 N–H and O–H groups in total. The molecule has 2 aliphatic heterocycles. The average Bonchev–Trinajstić information content (AvgIpc) is 2.98. The lowest BCUT2D eigenvalue weighted by molar-refractivity contribution is -0.137. The highest BCUT2D eigenvalue weighted by Gasteiger charge is 2.49. The summed E-state index contributed by atoms with van der Waals surface area (Å²) < 4.78 is 38.1. The Kier molecular flexibility index (Phi) is 5.34. The van der Waals surface area contributed by atoms with Crippen molar-refractivity contribution in [1.82, 2.24) is 20.1 Å². The number of urea groups is 1. The van der Waals surface area contributed by atoms with Gasteiger partial charge in [-0.15, -0.1) is 0 Å². The van der Waals surface area contributed by atoms with Crippen LogP contribution in [0.25, 0.3) is 0 Å². The number of carbonyl (C=O) groups excluding carboxylic acids is 2. The highest BCUT2D eigenvalue weighted by atomic mass is 19.4. The quantitative estimate of drug-likeness (QED) is 0.751. The third-order valence-electron chi connectivity index (χ3n) is 5.74. The first-order chi connectivity index (χ1) is 14.7. The van der Waals surface area contributed by atoms with E-state index in [2.05, 4.69) is 10.3 Å². The molecule has 0 bridgehead atoms. The standard InChI is InChI=1S/C21H22F3N5O2/c1-20(15-5-3-2-4-6-15)18(30)29(19(31)26-20)14-27-9-11-28(12-10-27)17-8-7-16(13-25-17)21(22,23)24/h2-8,13H,9-12,14H2,1H3,(H,26,31). The summed E-state index contributed by atoms with van der Waals surface area (Å²) in [7, 11) is 0. The smallest absolute Gasteiger partial charge is 0.354 e. The number of imide groups is 1. The molecule has 2 aromatic rings. The third kappa shape index (κ3) is 4.07. The van der Waals surface area contributed by atoms with Crippen LogP contribution in [0.4, 0.5) is 23.8 Å². The van der Waals surface area contributed by atoms with Gasteiger partial charge in [-0.25, -0.2) is 14.7 Å². The van der Waals surface area contributed by atoms with E-state index < -0.39 is 23.3 Å². The van der Waals surface area contributed by atoms with Crippen LogP contribution in [0.3, 0.4) is 0 Å². The molecule has 3 heterocycles. The molecule has 7 nitrogen and oxygen atoms in total. The lowest BCUT2D eigenvalue weighted by atomic mass is 9.92. The Balaban J connectivity index is 1.37. The molecule has 164 valence electrons. The number of piperazine rings is 1. The highest BCUT2D eigenvalue weighted by Crippen LogP contribution is 2.30. The summed E-state index contributed by atoms with van der Waals surface area (Å²) in [6, 6.07) is 11.0. The maximum atomic E-state index is 13.0. The second-order valence-electron chi connectivity index (χ2n) is 7.80. The summed E-state index contributed by atoms with van der Waals surface area (Å²) in [5, 5.41) is 2.79. The minimum absolute atomic E-state index is 0.154. The number of hydrogen-bond donors (Lipinski definition) is 1. The van der Waals surface area contributed by atoms with E-state index in [0.717, 1.165) is 12.3 Å². The predicted octanol–water partition coefficient (Wildman–Crippen LogP) is 2.65. The third-order valence-corrected chi connectivity index (χ3v) is 5.74. The molecule has 0 radical (unpaired) electrons. The number of aromatic nitrogens is 1. The summed E-state index contributed by atoms with van der Waals surface area (Å²) in [6.45, 7) is 3.98. The molecule has 31 heavy (non-hydrogen) atoms. The lowest BCUT2D eigenvalue weighted by Crippen LogP contribution is -2.51. The normalized spacial score (nSPS) is 22.7. The Labute approximate surface area is 177 Å². The molecule has 4 rings (SSSR count). The fraction of sp³-hybridized carbons (Fsp3) is 0.381. The molecule has 1 unspecified atom stereocenters. The van der Waals surface area contributed by atoms with Gasteiger partial charge in [-0.1, -0.05) is 30.3 Å². The molecule has 10 heteroatoms. The molecule has 0 aliphatic carbocycles. The number of amides is 3. The first kappa shape index (κ1) is 21.1. The first-order valence-corrected chi connectivity index (χ1v) is 9.89. The van der Waals surface area contributed by atoms with Crippen LogP contribution < -0.4 is 10.2 Å². The van der Waals surface area contributed by atoms with Gasteiger partial charge >= 0.3 is 12.2 Å². The summed E-state index contributed by atoms with van der Waals surface area (Å²) in [4.78, 5) is 34.5. The zero-order chi connectivity index (χ0) is 22.2. The number of nitrogens with zero attached hydrogens (tertiary/aromatic N) is 4. The number of anilines is 1. The van der Waals surface area contributed by atoms with Crippen molar-refractivity contribution in [3.8, 4) is 0 Å². The number of alkyl halides is 3. The Bertz CT molecular complexity index is 959. The zero-order valence-electron chi connectivity index (χ0n) is 16.9. The van der Waals surface area contributed by atoms with Crippen molar-refractivity contribution in [1.29, 1.82) is 0 Å². The van der Waals surface area contributed by atoms with Crippen LogP contribution >= 0.6 is 0 Å². The maximum absolute atomic E-state index is 13.0. The van der Waals surface area contributed by atoms with Crippen molar-refractivity contribution in [3.63, 3.8) is 0 Å². The van der Waals surface area contributed by atoms with Gasteiger partial charge in [-0.05, 0) is 24.6 Å². The molecule has 2 aliphatic rings. The summed E-state index contributed by atoms with van der Waals surface area (Å²) in [6.07, 6.45) is -3.58. The average molecular weight is 433 g/mol. The predicted molar refractivity (Wildman–Crippen MR) is 107 cm³/mol. The van der Waals surface area contributed by atoms with Crippen LogP contribution in [0.2, 0.25) is 0 Å².